The zero-order valence-electron chi connectivity index (χ0n) is 14.9. The van der Waals surface area contributed by atoms with Crippen LogP contribution in [0.4, 0.5) is 0 Å². The van der Waals surface area contributed by atoms with Crippen molar-refractivity contribution in [3.8, 4) is 0 Å². The van der Waals surface area contributed by atoms with E-state index in [1.807, 2.05) is 20.2 Å². The molecule has 4 nitrogen and oxygen atoms in total. The SMILES string of the molecule is CN(C)C(=O)C1c2c(n(C)c3ccccc23)CN1Cc1ccccc1. The van der Waals surface area contributed by atoms with Crippen molar-refractivity contribution in [2.75, 3.05) is 14.1 Å². The second kappa shape index (κ2) is 6.05. The van der Waals surface area contributed by atoms with Gasteiger partial charge in [0.15, 0.2) is 0 Å². The highest BCUT2D eigenvalue weighted by atomic mass is 16.2. The largest absolute Gasteiger partial charge is 0.347 e. The minimum absolute atomic E-state index is 0.144. The zero-order valence-corrected chi connectivity index (χ0v) is 14.9. The molecular formula is C21H23N3O. The van der Waals surface area contributed by atoms with E-state index in [9.17, 15) is 4.79 Å². The average Bonchev–Trinajstić information content (AvgIpc) is 3.11. The third-order valence-electron chi connectivity index (χ3n) is 5.17. The average molecular weight is 333 g/mol. The number of carbonyl (C=O) groups is 1. The van der Waals surface area contributed by atoms with E-state index >= 15 is 0 Å². The van der Waals surface area contributed by atoms with Gasteiger partial charge in [-0.3, -0.25) is 9.69 Å². The summed E-state index contributed by atoms with van der Waals surface area (Å²) < 4.78 is 2.24. The highest BCUT2D eigenvalue weighted by molar-refractivity contribution is 5.94. The highest BCUT2D eigenvalue weighted by Crippen LogP contribution is 2.41. The first-order valence-electron chi connectivity index (χ1n) is 8.63. The van der Waals surface area contributed by atoms with Gasteiger partial charge >= 0.3 is 0 Å². The maximum absolute atomic E-state index is 13.0. The van der Waals surface area contributed by atoms with Gasteiger partial charge in [-0.15, -0.1) is 0 Å². The van der Waals surface area contributed by atoms with Gasteiger partial charge in [-0.1, -0.05) is 48.5 Å². The van der Waals surface area contributed by atoms with Gasteiger partial charge in [0.05, 0.1) is 0 Å². The molecule has 0 radical (unpaired) electrons. The zero-order chi connectivity index (χ0) is 17.6. The number of carbonyl (C=O) groups excluding carboxylic acids is 1. The monoisotopic (exact) mass is 333 g/mol. The Morgan fingerprint density at radius 2 is 1.76 bits per heavy atom. The van der Waals surface area contributed by atoms with Gasteiger partial charge in [-0.2, -0.15) is 0 Å². The molecule has 1 atom stereocenters. The molecule has 128 valence electrons. The lowest BCUT2D eigenvalue weighted by Gasteiger charge is -2.27. The van der Waals surface area contributed by atoms with Gasteiger partial charge in [-0.25, -0.2) is 0 Å². The lowest BCUT2D eigenvalue weighted by Crippen LogP contribution is -2.36. The first kappa shape index (κ1) is 15.9. The van der Waals surface area contributed by atoms with Gasteiger partial charge in [0.25, 0.3) is 0 Å². The summed E-state index contributed by atoms with van der Waals surface area (Å²) in [5, 5.41) is 1.19. The van der Waals surface area contributed by atoms with Crippen LogP contribution in [-0.4, -0.2) is 34.4 Å². The van der Waals surface area contributed by atoms with Crippen molar-refractivity contribution in [3.63, 3.8) is 0 Å². The molecule has 1 aliphatic heterocycles. The van der Waals surface area contributed by atoms with Gasteiger partial charge in [0.1, 0.15) is 6.04 Å². The Bertz CT molecular complexity index is 927. The molecule has 0 N–H and O–H groups in total. The third-order valence-corrected chi connectivity index (χ3v) is 5.17. The Morgan fingerprint density at radius 3 is 2.48 bits per heavy atom. The number of para-hydroxylation sites is 1. The molecule has 4 rings (SSSR count). The molecule has 0 bridgehead atoms. The number of benzene rings is 2. The van der Waals surface area contributed by atoms with Crippen LogP contribution < -0.4 is 0 Å². The number of aromatic nitrogens is 1. The molecular weight excluding hydrogens is 310 g/mol. The van der Waals surface area contributed by atoms with E-state index in [2.05, 4.69) is 65.0 Å². The van der Waals surface area contributed by atoms with Crippen LogP contribution in [0.5, 0.6) is 0 Å². The normalized spacial score (nSPS) is 17.0. The molecule has 1 aromatic heterocycles. The molecule has 0 fully saturated rings. The van der Waals surface area contributed by atoms with E-state index in [-0.39, 0.29) is 11.9 Å². The van der Waals surface area contributed by atoms with Crippen LogP contribution in [0, 0.1) is 0 Å². The molecule has 4 heteroatoms. The Balaban J connectivity index is 1.82. The molecule has 0 spiro atoms. The molecule has 0 saturated carbocycles. The Labute approximate surface area is 148 Å². The number of hydrogen-bond donors (Lipinski definition) is 0. The van der Waals surface area contributed by atoms with Crippen molar-refractivity contribution < 1.29 is 4.79 Å². The minimum Gasteiger partial charge on any atom is -0.347 e. The van der Waals surface area contributed by atoms with Crippen LogP contribution in [0.2, 0.25) is 0 Å². The van der Waals surface area contributed by atoms with E-state index in [0.29, 0.717) is 0 Å². The van der Waals surface area contributed by atoms with Gasteiger partial charge in [0, 0.05) is 56.4 Å². The van der Waals surface area contributed by atoms with Crippen LogP contribution in [0.15, 0.2) is 54.6 Å². The van der Waals surface area contributed by atoms with Crippen molar-refractivity contribution in [2.24, 2.45) is 7.05 Å². The number of hydrogen-bond acceptors (Lipinski definition) is 2. The van der Waals surface area contributed by atoms with Crippen molar-refractivity contribution >= 4 is 16.8 Å². The molecule has 1 unspecified atom stereocenters. The molecule has 0 saturated heterocycles. The van der Waals surface area contributed by atoms with Crippen LogP contribution >= 0.6 is 0 Å². The van der Waals surface area contributed by atoms with Crippen molar-refractivity contribution in [1.82, 2.24) is 14.4 Å². The summed E-state index contributed by atoms with van der Waals surface area (Å²) in [6.45, 7) is 1.56. The Kier molecular flexibility index (Phi) is 3.85. The summed E-state index contributed by atoms with van der Waals surface area (Å²) >= 11 is 0. The minimum atomic E-state index is -0.226. The topological polar surface area (TPSA) is 28.5 Å². The van der Waals surface area contributed by atoms with E-state index in [1.54, 1.807) is 4.90 Å². The summed E-state index contributed by atoms with van der Waals surface area (Å²) in [7, 11) is 5.78. The first-order valence-corrected chi connectivity index (χ1v) is 8.63. The quantitative estimate of drug-likeness (QED) is 0.735. The van der Waals surface area contributed by atoms with Gasteiger partial charge < -0.3 is 9.47 Å². The number of rotatable bonds is 3. The Morgan fingerprint density at radius 1 is 1.08 bits per heavy atom. The van der Waals surface area contributed by atoms with E-state index < -0.39 is 0 Å². The van der Waals surface area contributed by atoms with Crippen LogP contribution in [0.1, 0.15) is 22.9 Å². The number of fused-ring (bicyclic) bond motifs is 3. The number of aryl methyl sites for hydroxylation is 1. The number of likely N-dealkylation sites (N-methyl/N-ethyl adjacent to an activating group) is 1. The second-order valence-electron chi connectivity index (χ2n) is 6.96. The number of amides is 1. The summed E-state index contributed by atoms with van der Waals surface area (Å²) in [4.78, 5) is 17.0. The van der Waals surface area contributed by atoms with Crippen LogP contribution in [0.25, 0.3) is 10.9 Å². The Hall–Kier alpha value is -2.59. The third kappa shape index (κ3) is 2.53. The molecule has 1 amide bonds. The highest BCUT2D eigenvalue weighted by Gasteiger charge is 2.40. The predicted octanol–water partition coefficient (Wildman–Crippen LogP) is 3.32. The fraction of sp³-hybridized carbons (Fsp3) is 0.286. The summed E-state index contributed by atoms with van der Waals surface area (Å²) in [5.74, 6) is 0.144. The van der Waals surface area contributed by atoms with E-state index in [4.69, 9.17) is 0 Å². The molecule has 0 aliphatic carbocycles. The number of nitrogens with zero attached hydrogens (tertiary/aromatic N) is 3. The van der Waals surface area contributed by atoms with Crippen LogP contribution in [0.3, 0.4) is 0 Å². The molecule has 2 aromatic carbocycles. The summed E-state index contributed by atoms with van der Waals surface area (Å²) in [6.07, 6.45) is 0. The van der Waals surface area contributed by atoms with Gasteiger partial charge in [0.2, 0.25) is 5.91 Å². The summed E-state index contributed by atoms with van der Waals surface area (Å²) in [5.41, 5.74) is 4.85. The molecule has 3 aromatic rings. The standard InChI is InChI=1S/C21H23N3O/c1-22(2)21(25)20-19-16-11-7-8-12-17(16)23(3)18(19)14-24(20)13-15-9-5-4-6-10-15/h4-12,20H,13-14H2,1-3H3. The van der Waals surface area contributed by atoms with Crippen LogP contribution in [-0.2, 0) is 24.9 Å². The first-order chi connectivity index (χ1) is 12.1. The predicted molar refractivity (Wildman–Crippen MR) is 100 cm³/mol. The maximum Gasteiger partial charge on any atom is 0.244 e. The fourth-order valence-corrected chi connectivity index (χ4v) is 3.93. The molecule has 1 aliphatic rings. The molecule has 25 heavy (non-hydrogen) atoms. The van der Waals surface area contributed by atoms with E-state index in [0.717, 1.165) is 13.1 Å². The van der Waals surface area contributed by atoms with Crippen molar-refractivity contribution in [1.29, 1.82) is 0 Å². The maximum atomic E-state index is 13.0. The van der Waals surface area contributed by atoms with Gasteiger partial charge in [-0.05, 0) is 11.6 Å². The summed E-state index contributed by atoms with van der Waals surface area (Å²) in [6, 6.07) is 18.5. The van der Waals surface area contributed by atoms with Crippen molar-refractivity contribution in [3.05, 3.63) is 71.4 Å². The fourth-order valence-electron chi connectivity index (χ4n) is 3.93. The van der Waals surface area contributed by atoms with E-state index in [1.165, 1.54) is 27.7 Å². The smallest absolute Gasteiger partial charge is 0.244 e. The second-order valence-corrected chi connectivity index (χ2v) is 6.96. The lowest BCUT2D eigenvalue weighted by atomic mass is 10.0. The van der Waals surface area contributed by atoms with Crippen molar-refractivity contribution in [2.45, 2.75) is 19.1 Å². The molecule has 2 heterocycles. The lowest BCUT2D eigenvalue weighted by molar-refractivity contribution is -0.134.